The van der Waals surface area contributed by atoms with Gasteiger partial charge in [-0.2, -0.15) is 0 Å². The maximum Gasteiger partial charge on any atom is 0.208 e. The number of rotatable bonds is 8. The molecule has 0 saturated heterocycles. The average molecular weight is 514 g/mol. The number of sulfonamides is 1. The molecule has 0 aliphatic heterocycles. The molecule has 1 saturated carbocycles. The molecule has 1 aromatic heterocycles. The van der Waals surface area contributed by atoms with Crippen molar-refractivity contribution in [3.63, 3.8) is 0 Å². The van der Waals surface area contributed by atoms with Crippen LogP contribution < -0.4 is 15.4 Å². The molecule has 1 heterocycles. The molecule has 1 fully saturated rings. The summed E-state index contributed by atoms with van der Waals surface area (Å²) < 4.78 is 24.6. The second kappa shape index (κ2) is 11.5. The van der Waals surface area contributed by atoms with Crippen molar-refractivity contribution in [2.24, 2.45) is 4.99 Å². The summed E-state index contributed by atoms with van der Waals surface area (Å²) in [5, 5.41) is 8.91. The van der Waals surface area contributed by atoms with Crippen LogP contribution in [-0.2, 0) is 15.4 Å². The zero-order valence-electron chi connectivity index (χ0n) is 15.6. The molecule has 0 atom stereocenters. The van der Waals surface area contributed by atoms with Crippen LogP contribution in [0, 0.1) is 0 Å². The molecule has 0 aromatic carbocycles. The van der Waals surface area contributed by atoms with Gasteiger partial charge in [-0.05, 0) is 30.7 Å². The van der Waals surface area contributed by atoms with Gasteiger partial charge in [0.1, 0.15) is 0 Å². The first-order valence-corrected chi connectivity index (χ1v) is 11.7. The first-order valence-electron chi connectivity index (χ1n) is 8.88. The van der Waals surface area contributed by atoms with E-state index in [-0.39, 0.29) is 29.4 Å². The normalized spacial score (nSPS) is 17.4. The molecule has 6 nitrogen and oxygen atoms in total. The van der Waals surface area contributed by atoms with Crippen LogP contribution in [-0.4, -0.2) is 47.3 Å². The Morgan fingerprint density at radius 3 is 2.54 bits per heavy atom. The van der Waals surface area contributed by atoms with Gasteiger partial charge in [0.2, 0.25) is 10.0 Å². The van der Waals surface area contributed by atoms with Crippen molar-refractivity contribution in [2.45, 2.75) is 43.9 Å². The fourth-order valence-corrected chi connectivity index (χ4v) is 4.85. The Morgan fingerprint density at radius 2 is 1.96 bits per heavy atom. The van der Waals surface area contributed by atoms with Crippen molar-refractivity contribution >= 4 is 51.3 Å². The predicted molar refractivity (Wildman–Crippen MR) is 121 cm³/mol. The number of guanidine groups is 1. The standard InChI is InChI=1S/C17H30N4O2S2.HI/c1-18-16(19-11-7-12-21-25(2,22)23)20-14-17(9-4-3-5-10-17)15-8-6-13-24-15;/h6,8,13,21H,3-5,7,9-12,14H2,1-2H3,(H2,18,19,20);1H. The number of aliphatic imine (C=N–C) groups is 1. The zero-order valence-corrected chi connectivity index (χ0v) is 19.5. The number of nitrogens with one attached hydrogen (secondary N) is 3. The highest BCUT2D eigenvalue weighted by Gasteiger charge is 2.34. The lowest BCUT2D eigenvalue weighted by Crippen LogP contribution is -2.46. The first kappa shape index (κ1) is 23.6. The van der Waals surface area contributed by atoms with E-state index in [0.29, 0.717) is 19.5 Å². The molecule has 3 N–H and O–H groups in total. The van der Waals surface area contributed by atoms with Crippen molar-refractivity contribution in [2.75, 3.05) is 32.9 Å². The summed E-state index contributed by atoms with van der Waals surface area (Å²) in [6.07, 6.45) is 8.21. The van der Waals surface area contributed by atoms with E-state index >= 15 is 0 Å². The van der Waals surface area contributed by atoms with Gasteiger partial charge in [0.25, 0.3) is 0 Å². The Hall–Kier alpha value is -0.390. The van der Waals surface area contributed by atoms with E-state index < -0.39 is 10.0 Å². The molecular weight excluding hydrogens is 483 g/mol. The molecule has 150 valence electrons. The highest BCUT2D eigenvalue weighted by Crippen LogP contribution is 2.41. The lowest BCUT2D eigenvalue weighted by molar-refractivity contribution is 0.296. The summed E-state index contributed by atoms with van der Waals surface area (Å²) in [6.45, 7) is 1.99. The SMILES string of the molecule is CN=C(NCCCNS(C)(=O)=O)NCC1(c2cccs2)CCCCC1.I. The van der Waals surface area contributed by atoms with Gasteiger partial charge in [0, 0.05) is 37.0 Å². The average Bonchev–Trinajstić information content (AvgIpc) is 3.12. The molecule has 2 rings (SSSR count). The van der Waals surface area contributed by atoms with E-state index in [9.17, 15) is 8.42 Å². The van der Waals surface area contributed by atoms with Gasteiger partial charge in [0.15, 0.2) is 5.96 Å². The largest absolute Gasteiger partial charge is 0.356 e. The van der Waals surface area contributed by atoms with Crippen molar-refractivity contribution in [3.05, 3.63) is 22.4 Å². The number of hydrogen-bond donors (Lipinski definition) is 3. The summed E-state index contributed by atoms with van der Waals surface area (Å²) >= 11 is 1.85. The minimum atomic E-state index is -3.11. The second-order valence-corrected chi connectivity index (χ2v) is 9.47. The maximum atomic E-state index is 11.0. The summed E-state index contributed by atoms with van der Waals surface area (Å²) in [6, 6.07) is 4.39. The topological polar surface area (TPSA) is 82.6 Å². The molecule has 0 unspecified atom stereocenters. The summed E-state index contributed by atoms with van der Waals surface area (Å²) in [7, 11) is -1.34. The Labute approximate surface area is 178 Å². The van der Waals surface area contributed by atoms with Crippen LogP contribution in [0.5, 0.6) is 0 Å². The molecule has 0 amide bonds. The third kappa shape index (κ3) is 7.69. The number of nitrogens with zero attached hydrogens (tertiary/aromatic N) is 1. The van der Waals surface area contributed by atoms with E-state index in [0.717, 1.165) is 12.5 Å². The number of halogens is 1. The fraction of sp³-hybridized carbons (Fsp3) is 0.706. The maximum absolute atomic E-state index is 11.0. The molecular formula is C17H31IN4O2S2. The van der Waals surface area contributed by atoms with Gasteiger partial charge >= 0.3 is 0 Å². The number of thiophene rings is 1. The molecule has 1 aliphatic rings. The van der Waals surface area contributed by atoms with Gasteiger partial charge < -0.3 is 10.6 Å². The van der Waals surface area contributed by atoms with E-state index in [2.05, 4.69) is 37.9 Å². The molecule has 9 heteroatoms. The van der Waals surface area contributed by atoms with E-state index in [1.54, 1.807) is 7.05 Å². The molecule has 1 aromatic rings. The van der Waals surface area contributed by atoms with Crippen molar-refractivity contribution in [1.29, 1.82) is 0 Å². The highest BCUT2D eigenvalue weighted by atomic mass is 127. The molecule has 1 aliphatic carbocycles. The summed E-state index contributed by atoms with van der Waals surface area (Å²) in [4.78, 5) is 5.76. The lowest BCUT2D eigenvalue weighted by atomic mass is 9.73. The summed E-state index contributed by atoms with van der Waals surface area (Å²) in [5.41, 5.74) is 0.210. The van der Waals surface area contributed by atoms with Gasteiger partial charge in [-0.25, -0.2) is 13.1 Å². The molecule has 0 radical (unpaired) electrons. The Balaban J connectivity index is 0.00000338. The van der Waals surface area contributed by atoms with Crippen LogP contribution in [0.25, 0.3) is 0 Å². The van der Waals surface area contributed by atoms with Gasteiger partial charge in [-0.1, -0.05) is 25.3 Å². The van der Waals surface area contributed by atoms with E-state index in [1.807, 2.05) is 11.3 Å². The monoisotopic (exact) mass is 514 g/mol. The highest BCUT2D eigenvalue weighted by molar-refractivity contribution is 14.0. The quantitative estimate of drug-likeness (QED) is 0.216. The minimum absolute atomic E-state index is 0. The van der Waals surface area contributed by atoms with Gasteiger partial charge in [0.05, 0.1) is 6.26 Å². The first-order chi connectivity index (χ1) is 12.0. The van der Waals surface area contributed by atoms with E-state index in [4.69, 9.17) is 0 Å². The molecule has 0 spiro atoms. The smallest absolute Gasteiger partial charge is 0.208 e. The Bertz CT molecular complexity index is 642. The van der Waals surface area contributed by atoms with Crippen molar-refractivity contribution in [1.82, 2.24) is 15.4 Å². The van der Waals surface area contributed by atoms with Crippen molar-refractivity contribution in [3.8, 4) is 0 Å². The van der Waals surface area contributed by atoms with Crippen LogP contribution in [0.1, 0.15) is 43.4 Å². The third-order valence-electron chi connectivity index (χ3n) is 4.68. The Morgan fingerprint density at radius 1 is 1.23 bits per heavy atom. The van der Waals surface area contributed by atoms with Crippen molar-refractivity contribution < 1.29 is 8.42 Å². The molecule has 26 heavy (non-hydrogen) atoms. The fourth-order valence-electron chi connectivity index (χ4n) is 3.35. The predicted octanol–water partition coefficient (Wildman–Crippen LogP) is 2.67. The van der Waals surface area contributed by atoms with Gasteiger partial charge in [-0.3, -0.25) is 4.99 Å². The molecule has 0 bridgehead atoms. The van der Waals surface area contributed by atoms with Gasteiger partial charge in [-0.15, -0.1) is 35.3 Å². The van der Waals surface area contributed by atoms with Crippen LogP contribution in [0.2, 0.25) is 0 Å². The van der Waals surface area contributed by atoms with Crippen LogP contribution in [0.15, 0.2) is 22.5 Å². The lowest BCUT2D eigenvalue weighted by Gasteiger charge is -2.37. The number of hydrogen-bond acceptors (Lipinski definition) is 4. The second-order valence-electron chi connectivity index (χ2n) is 6.69. The summed E-state index contributed by atoms with van der Waals surface area (Å²) in [5.74, 6) is 0.779. The van der Waals surface area contributed by atoms with E-state index in [1.165, 1.54) is 43.2 Å². The third-order valence-corrected chi connectivity index (χ3v) is 6.53. The minimum Gasteiger partial charge on any atom is -0.356 e. The zero-order chi connectivity index (χ0) is 18.2. The van der Waals surface area contributed by atoms with Crippen LogP contribution in [0.4, 0.5) is 0 Å². The van der Waals surface area contributed by atoms with Crippen LogP contribution in [0.3, 0.4) is 0 Å². The Kier molecular flexibility index (Phi) is 10.4. The van der Waals surface area contributed by atoms with Crippen LogP contribution >= 0.6 is 35.3 Å².